The molecule has 2 rings (SSSR count). The van der Waals surface area contributed by atoms with Gasteiger partial charge >= 0.3 is 0 Å². The monoisotopic (exact) mass is 317 g/mol. The standard InChI is InChI=1S/C18H27N3O2/c1-3-14(15-7-5-4-6-8-15)11-19-17(22)12-21(2)13-18(23)20-16-9-10-16/h4-8,14,16H,3,9-13H2,1-2H3,(H,19,22)(H,20,23)/t14-/m1/s1. The van der Waals surface area contributed by atoms with Crippen LogP contribution in [0.5, 0.6) is 0 Å². The molecule has 1 aliphatic carbocycles. The summed E-state index contributed by atoms with van der Waals surface area (Å²) in [4.78, 5) is 25.5. The van der Waals surface area contributed by atoms with Crippen LogP contribution < -0.4 is 10.6 Å². The lowest BCUT2D eigenvalue weighted by Crippen LogP contribution is -2.42. The molecule has 0 aromatic heterocycles. The van der Waals surface area contributed by atoms with E-state index in [1.807, 2.05) is 18.2 Å². The Morgan fingerprint density at radius 1 is 1.17 bits per heavy atom. The first-order valence-corrected chi connectivity index (χ1v) is 8.38. The largest absolute Gasteiger partial charge is 0.354 e. The lowest BCUT2D eigenvalue weighted by atomic mass is 9.96. The van der Waals surface area contributed by atoms with Crippen molar-refractivity contribution in [3.8, 4) is 0 Å². The van der Waals surface area contributed by atoms with Gasteiger partial charge in [-0.05, 0) is 31.9 Å². The van der Waals surface area contributed by atoms with Crippen LogP contribution in [0.15, 0.2) is 30.3 Å². The van der Waals surface area contributed by atoms with Crippen LogP contribution >= 0.6 is 0 Å². The SMILES string of the molecule is CC[C@H](CNC(=O)CN(C)CC(=O)NC1CC1)c1ccccc1. The van der Waals surface area contributed by atoms with E-state index in [1.54, 1.807) is 11.9 Å². The van der Waals surface area contributed by atoms with Gasteiger partial charge in [0.2, 0.25) is 11.8 Å². The van der Waals surface area contributed by atoms with Crippen molar-refractivity contribution in [1.29, 1.82) is 0 Å². The quantitative estimate of drug-likeness (QED) is 0.726. The molecule has 1 aromatic carbocycles. The van der Waals surface area contributed by atoms with Gasteiger partial charge in [-0.2, -0.15) is 0 Å². The molecule has 0 spiro atoms. The Hall–Kier alpha value is -1.88. The highest BCUT2D eigenvalue weighted by Crippen LogP contribution is 2.18. The Balaban J connectivity index is 1.69. The fourth-order valence-electron chi connectivity index (χ4n) is 2.56. The topological polar surface area (TPSA) is 61.4 Å². The number of nitrogens with zero attached hydrogens (tertiary/aromatic N) is 1. The molecule has 0 aliphatic heterocycles. The number of hydrogen-bond donors (Lipinski definition) is 2. The third-order valence-corrected chi connectivity index (χ3v) is 4.08. The lowest BCUT2D eigenvalue weighted by molar-refractivity contribution is -0.124. The lowest BCUT2D eigenvalue weighted by Gasteiger charge is -2.19. The molecule has 126 valence electrons. The van der Waals surface area contributed by atoms with E-state index in [9.17, 15) is 9.59 Å². The van der Waals surface area contributed by atoms with E-state index < -0.39 is 0 Å². The van der Waals surface area contributed by atoms with Gasteiger partial charge in [0.1, 0.15) is 0 Å². The van der Waals surface area contributed by atoms with Crippen molar-refractivity contribution in [3.05, 3.63) is 35.9 Å². The van der Waals surface area contributed by atoms with Crippen LogP contribution in [-0.2, 0) is 9.59 Å². The molecule has 1 fully saturated rings. The number of benzene rings is 1. The Morgan fingerprint density at radius 2 is 1.83 bits per heavy atom. The summed E-state index contributed by atoms with van der Waals surface area (Å²) in [5, 5.41) is 5.90. The highest BCUT2D eigenvalue weighted by Gasteiger charge is 2.23. The van der Waals surface area contributed by atoms with Crippen molar-refractivity contribution in [2.24, 2.45) is 0 Å². The minimum atomic E-state index is -0.0406. The molecule has 5 heteroatoms. The molecule has 5 nitrogen and oxygen atoms in total. The summed E-state index contributed by atoms with van der Waals surface area (Å²) in [6, 6.07) is 10.6. The van der Waals surface area contributed by atoms with Crippen LogP contribution in [0.1, 0.15) is 37.7 Å². The number of rotatable bonds is 9. The van der Waals surface area contributed by atoms with Crippen molar-refractivity contribution >= 4 is 11.8 Å². The van der Waals surface area contributed by atoms with Crippen molar-refractivity contribution in [2.75, 3.05) is 26.7 Å². The van der Waals surface area contributed by atoms with E-state index in [1.165, 1.54) is 5.56 Å². The van der Waals surface area contributed by atoms with Gasteiger partial charge in [0.25, 0.3) is 0 Å². The molecule has 0 unspecified atom stereocenters. The molecule has 1 aromatic rings. The highest BCUT2D eigenvalue weighted by atomic mass is 16.2. The van der Waals surface area contributed by atoms with Gasteiger partial charge in [-0.3, -0.25) is 14.5 Å². The van der Waals surface area contributed by atoms with Gasteiger partial charge in [-0.1, -0.05) is 37.3 Å². The van der Waals surface area contributed by atoms with E-state index in [-0.39, 0.29) is 24.9 Å². The van der Waals surface area contributed by atoms with Gasteiger partial charge in [0, 0.05) is 18.5 Å². The van der Waals surface area contributed by atoms with E-state index in [4.69, 9.17) is 0 Å². The van der Waals surface area contributed by atoms with Crippen molar-refractivity contribution in [2.45, 2.75) is 38.1 Å². The van der Waals surface area contributed by atoms with Crippen molar-refractivity contribution < 1.29 is 9.59 Å². The van der Waals surface area contributed by atoms with Gasteiger partial charge in [-0.25, -0.2) is 0 Å². The first kappa shape index (κ1) is 17.5. The predicted molar refractivity (Wildman–Crippen MR) is 91.1 cm³/mol. The Morgan fingerprint density at radius 3 is 2.43 bits per heavy atom. The summed E-state index contributed by atoms with van der Waals surface area (Å²) >= 11 is 0. The fourth-order valence-corrected chi connectivity index (χ4v) is 2.56. The van der Waals surface area contributed by atoms with Crippen LogP contribution in [0.2, 0.25) is 0 Å². The number of likely N-dealkylation sites (N-methyl/N-ethyl adjacent to an activating group) is 1. The number of carbonyl (C=O) groups is 2. The predicted octanol–water partition coefficient (Wildman–Crippen LogP) is 1.51. The summed E-state index contributed by atoms with van der Waals surface area (Å²) in [7, 11) is 1.79. The average molecular weight is 317 g/mol. The maximum absolute atomic E-state index is 12.0. The second-order valence-corrected chi connectivity index (χ2v) is 6.33. The molecule has 0 radical (unpaired) electrons. The zero-order valence-electron chi connectivity index (χ0n) is 14.0. The molecule has 1 aliphatic rings. The van der Waals surface area contributed by atoms with Gasteiger partial charge in [0.05, 0.1) is 13.1 Å². The number of nitrogens with one attached hydrogen (secondary N) is 2. The smallest absolute Gasteiger partial charge is 0.234 e. The van der Waals surface area contributed by atoms with E-state index in [0.717, 1.165) is 19.3 Å². The van der Waals surface area contributed by atoms with E-state index >= 15 is 0 Å². The zero-order valence-corrected chi connectivity index (χ0v) is 14.0. The van der Waals surface area contributed by atoms with E-state index in [0.29, 0.717) is 18.5 Å². The minimum absolute atomic E-state index is 0.00137. The van der Waals surface area contributed by atoms with Crippen LogP contribution in [-0.4, -0.2) is 49.4 Å². The van der Waals surface area contributed by atoms with Crippen LogP contribution in [0.3, 0.4) is 0 Å². The highest BCUT2D eigenvalue weighted by molar-refractivity contribution is 5.81. The Kier molecular flexibility index (Phi) is 6.59. The van der Waals surface area contributed by atoms with Gasteiger partial charge in [-0.15, -0.1) is 0 Å². The van der Waals surface area contributed by atoms with Gasteiger partial charge < -0.3 is 10.6 Å². The summed E-state index contributed by atoms with van der Waals surface area (Å²) in [5.74, 6) is 0.281. The van der Waals surface area contributed by atoms with Gasteiger partial charge in [0.15, 0.2) is 0 Å². The van der Waals surface area contributed by atoms with Crippen LogP contribution in [0.25, 0.3) is 0 Å². The van der Waals surface area contributed by atoms with Crippen LogP contribution in [0, 0.1) is 0 Å². The maximum atomic E-state index is 12.0. The molecule has 23 heavy (non-hydrogen) atoms. The summed E-state index contributed by atoms with van der Waals surface area (Å²) in [6.45, 7) is 3.25. The summed E-state index contributed by atoms with van der Waals surface area (Å²) in [6.07, 6.45) is 3.13. The molecule has 2 N–H and O–H groups in total. The zero-order chi connectivity index (χ0) is 16.7. The molecule has 1 atom stereocenters. The maximum Gasteiger partial charge on any atom is 0.234 e. The third-order valence-electron chi connectivity index (χ3n) is 4.08. The van der Waals surface area contributed by atoms with Crippen molar-refractivity contribution in [1.82, 2.24) is 15.5 Å². The molecular formula is C18H27N3O2. The number of carbonyl (C=O) groups excluding carboxylic acids is 2. The molecule has 0 bridgehead atoms. The van der Waals surface area contributed by atoms with E-state index in [2.05, 4.69) is 29.7 Å². The minimum Gasteiger partial charge on any atom is -0.354 e. The first-order valence-electron chi connectivity index (χ1n) is 8.38. The van der Waals surface area contributed by atoms with Crippen LogP contribution in [0.4, 0.5) is 0 Å². The summed E-state index contributed by atoms with van der Waals surface area (Å²) < 4.78 is 0. The Labute approximate surface area is 138 Å². The number of hydrogen-bond acceptors (Lipinski definition) is 3. The molecule has 0 saturated heterocycles. The molecule has 2 amide bonds. The first-order chi connectivity index (χ1) is 11.1. The second kappa shape index (κ2) is 8.67. The molecule has 0 heterocycles. The molecule has 1 saturated carbocycles. The normalized spacial score (nSPS) is 15.3. The fraction of sp³-hybridized carbons (Fsp3) is 0.556. The average Bonchev–Trinajstić information content (AvgIpc) is 3.32. The number of amides is 2. The van der Waals surface area contributed by atoms with Crippen molar-refractivity contribution in [3.63, 3.8) is 0 Å². The summed E-state index contributed by atoms with van der Waals surface area (Å²) in [5.41, 5.74) is 1.24. The molecular weight excluding hydrogens is 290 g/mol. The third kappa shape index (κ3) is 6.40. The second-order valence-electron chi connectivity index (χ2n) is 6.33. The Bertz CT molecular complexity index is 514.